The van der Waals surface area contributed by atoms with Crippen molar-refractivity contribution in [2.75, 3.05) is 18.5 Å². The molecule has 1 aliphatic carbocycles. The van der Waals surface area contributed by atoms with Crippen LogP contribution in [0.5, 0.6) is 5.88 Å². The summed E-state index contributed by atoms with van der Waals surface area (Å²) in [5.74, 6) is -0.186. The summed E-state index contributed by atoms with van der Waals surface area (Å²) >= 11 is 0. The monoisotopic (exact) mass is 450 g/mol. The highest BCUT2D eigenvalue weighted by Gasteiger charge is 2.38. The standard InChI is InChI=1S/C21H25F3N6O2/c1-12-5-6-17(25)30(9-12)18(26)13-3-2-4-14(7-13)28-20-27-8-16(21(22,23)24)19(29-20)32-15-10-31-11-15/h5-6,8-9,13-15,25-26H,2-4,7,10-11H2,1H3,(H,27,28,29)/t13-,14+/m0/s1. The fourth-order valence-electron chi connectivity index (χ4n) is 3.91. The van der Waals surface area contributed by atoms with Gasteiger partial charge in [-0.25, -0.2) is 4.98 Å². The largest absolute Gasteiger partial charge is 0.469 e. The number of nitrogens with zero attached hydrogens (tertiary/aromatic N) is 3. The van der Waals surface area contributed by atoms with Crippen molar-refractivity contribution < 1.29 is 22.6 Å². The van der Waals surface area contributed by atoms with E-state index in [4.69, 9.17) is 20.3 Å². The molecule has 4 rings (SSSR count). The average Bonchev–Trinajstić information content (AvgIpc) is 2.71. The van der Waals surface area contributed by atoms with Crippen molar-refractivity contribution in [2.24, 2.45) is 5.92 Å². The van der Waals surface area contributed by atoms with Gasteiger partial charge >= 0.3 is 6.18 Å². The summed E-state index contributed by atoms with van der Waals surface area (Å²) in [6.45, 7) is 2.36. The highest BCUT2D eigenvalue weighted by atomic mass is 19.4. The summed E-state index contributed by atoms with van der Waals surface area (Å²) in [7, 11) is 0. The van der Waals surface area contributed by atoms with Gasteiger partial charge in [0.2, 0.25) is 11.8 Å². The normalized spacial score (nSPS) is 21.6. The number of nitrogens with one attached hydrogen (secondary N) is 3. The molecule has 2 aromatic heterocycles. The van der Waals surface area contributed by atoms with Crippen LogP contribution in [-0.4, -0.2) is 45.7 Å². The second kappa shape index (κ2) is 8.89. The van der Waals surface area contributed by atoms with Gasteiger partial charge in [-0.1, -0.05) is 12.5 Å². The molecule has 0 radical (unpaired) electrons. The molecule has 0 bridgehead atoms. The summed E-state index contributed by atoms with van der Waals surface area (Å²) in [5.41, 5.74) is 0.180. The fourth-order valence-corrected chi connectivity index (χ4v) is 3.91. The minimum absolute atomic E-state index is 0.0646. The lowest BCUT2D eigenvalue weighted by Gasteiger charge is -2.31. The van der Waals surface area contributed by atoms with E-state index >= 15 is 0 Å². The van der Waals surface area contributed by atoms with E-state index in [9.17, 15) is 13.2 Å². The Morgan fingerprint density at radius 3 is 2.75 bits per heavy atom. The average molecular weight is 450 g/mol. The fraction of sp³-hybridized carbons (Fsp3) is 0.524. The van der Waals surface area contributed by atoms with Gasteiger partial charge in [0.1, 0.15) is 23.0 Å². The molecule has 2 fully saturated rings. The van der Waals surface area contributed by atoms with Crippen LogP contribution in [0.2, 0.25) is 0 Å². The second-order valence-corrected chi connectivity index (χ2v) is 8.24. The van der Waals surface area contributed by atoms with Crippen LogP contribution in [0.15, 0.2) is 24.5 Å². The maximum atomic E-state index is 13.3. The van der Waals surface area contributed by atoms with Crippen LogP contribution in [-0.2, 0) is 10.9 Å². The van der Waals surface area contributed by atoms with Gasteiger partial charge in [-0.2, -0.15) is 18.2 Å². The summed E-state index contributed by atoms with van der Waals surface area (Å²) in [5, 5.41) is 19.8. The number of rotatable bonds is 5. The second-order valence-electron chi connectivity index (χ2n) is 8.24. The van der Waals surface area contributed by atoms with Crippen molar-refractivity contribution in [1.29, 1.82) is 10.8 Å². The molecule has 8 nitrogen and oxygen atoms in total. The maximum Gasteiger partial charge on any atom is 0.423 e. The quantitative estimate of drug-likeness (QED) is 0.478. The number of aromatic nitrogens is 3. The number of halogens is 3. The smallest absolute Gasteiger partial charge is 0.423 e. The Morgan fingerprint density at radius 2 is 2.06 bits per heavy atom. The number of aryl methyl sites for hydroxylation is 1. The Morgan fingerprint density at radius 1 is 1.28 bits per heavy atom. The first-order valence-electron chi connectivity index (χ1n) is 10.5. The van der Waals surface area contributed by atoms with Gasteiger partial charge in [-0.3, -0.25) is 15.4 Å². The molecule has 2 atom stereocenters. The molecule has 1 aliphatic heterocycles. The molecule has 32 heavy (non-hydrogen) atoms. The van der Waals surface area contributed by atoms with E-state index < -0.39 is 23.7 Å². The molecular formula is C21H25F3N6O2. The molecule has 1 saturated heterocycles. The predicted octanol–water partition coefficient (Wildman–Crippen LogP) is 3.36. The number of hydrogen-bond acceptors (Lipinski definition) is 7. The van der Waals surface area contributed by atoms with Crippen molar-refractivity contribution in [3.63, 3.8) is 0 Å². The van der Waals surface area contributed by atoms with Crippen molar-refractivity contribution in [2.45, 2.75) is 50.9 Å². The maximum absolute atomic E-state index is 13.3. The molecule has 0 aromatic carbocycles. The predicted molar refractivity (Wildman–Crippen MR) is 110 cm³/mol. The first-order valence-corrected chi connectivity index (χ1v) is 10.5. The molecule has 3 heterocycles. The highest BCUT2D eigenvalue weighted by molar-refractivity contribution is 5.84. The Hall–Kier alpha value is -2.95. The Balaban J connectivity index is 1.48. The number of alkyl halides is 3. The molecule has 172 valence electrons. The van der Waals surface area contributed by atoms with Crippen molar-refractivity contribution in [3.05, 3.63) is 41.1 Å². The molecule has 0 spiro atoms. The number of ether oxygens (including phenoxy) is 2. The van der Waals surface area contributed by atoms with Gasteiger partial charge in [0.15, 0.2) is 0 Å². The summed E-state index contributed by atoms with van der Waals surface area (Å²) in [4.78, 5) is 7.86. The van der Waals surface area contributed by atoms with Crippen LogP contribution in [0, 0.1) is 23.7 Å². The molecule has 2 aliphatic rings. The Kier molecular flexibility index (Phi) is 6.18. The van der Waals surface area contributed by atoms with E-state index in [-0.39, 0.29) is 36.6 Å². The third kappa shape index (κ3) is 4.93. The molecule has 0 amide bonds. The van der Waals surface area contributed by atoms with E-state index in [0.717, 1.165) is 31.0 Å². The highest BCUT2D eigenvalue weighted by Crippen LogP contribution is 2.36. The van der Waals surface area contributed by atoms with Crippen molar-refractivity contribution >= 4 is 11.8 Å². The van der Waals surface area contributed by atoms with Crippen LogP contribution >= 0.6 is 0 Å². The number of pyridine rings is 1. The van der Waals surface area contributed by atoms with Crippen LogP contribution in [0.3, 0.4) is 0 Å². The van der Waals surface area contributed by atoms with Crippen LogP contribution in [0.1, 0.15) is 36.8 Å². The van der Waals surface area contributed by atoms with E-state index in [0.29, 0.717) is 12.3 Å². The molecule has 1 saturated carbocycles. The first kappa shape index (κ1) is 22.3. The minimum Gasteiger partial charge on any atom is -0.469 e. The van der Waals surface area contributed by atoms with E-state index in [1.165, 1.54) is 0 Å². The lowest BCUT2D eigenvalue weighted by atomic mass is 9.84. The molecule has 11 heteroatoms. The zero-order valence-electron chi connectivity index (χ0n) is 17.6. The molecular weight excluding hydrogens is 425 g/mol. The van der Waals surface area contributed by atoms with Gasteiger partial charge in [-0.15, -0.1) is 0 Å². The SMILES string of the molecule is Cc1ccc(=N)n(C(=N)[C@H]2CCC[C@@H](Nc3ncc(C(F)(F)F)c(OC4COC4)n3)C2)c1. The molecule has 3 N–H and O–H groups in total. The van der Waals surface area contributed by atoms with Gasteiger partial charge in [0.25, 0.3) is 0 Å². The minimum atomic E-state index is -4.62. The third-order valence-corrected chi connectivity index (χ3v) is 5.70. The lowest BCUT2D eigenvalue weighted by Crippen LogP contribution is -2.39. The van der Waals surface area contributed by atoms with Gasteiger partial charge in [-0.05, 0) is 37.8 Å². The van der Waals surface area contributed by atoms with Crippen molar-refractivity contribution in [3.8, 4) is 5.88 Å². The van der Waals surface area contributed by atoms with Crippen LogP contribution in [0.4, 0.5) is 19.1 Å². The number of anilines is 1. The van der Waals surface area contributed by atoms with E-state index in [2.05, 4.69) is 15.3 Å². The van der Waals surface area contributed by atoms with Crippen LogP contribution < -0.4 is 15.5 Å². The first-order chi connectivity index (χ1) is 15.2. The zero-order valence-corrected chi connectivity index (χ0v) is 17.6. The van der Waals surface area contributed by atoms with Gasteiger partial charge in [0.05, 0.1) is 13.2 Å². The Bertz CT molecular complexity index is 1050. The van der Waals surface area contributed by atoms with Crippen LogP contribution in [0.25, 0.3) is 0 Å². The zero-order chi connectivity index (χ0) is 22.9. The van der Waals surface area contributed by atoms with Gasteiger partial charge in [0, 0.05) is 24.4 Å². The number of hydrogen-bond donors (Lipinski definition) is 3. The third-order valence-electron chi connectivity index (χ3n) is 5.70. The summed E-state index contributed by atoms with van der Waals surface area (Å²) in [6, 6.07) is 3.38. The summed E-state index contributed by atoms with van der Waals surface area (Å²) < 4.78 is 51.9. The van der Waals surface area contributed by atoms with Crippen molar-refractivity contribution in [1.82, 2.24) is 14.5 Å². The molecule has 2 aromatic rings. The van der Waals surface area contributed by atoms with E-state index in [1.54, 1.807) is 16.8 Å². The summed E-state index contributed by atoms with van der Waals surface area (Å²) in [6.07, 6.45) is 0.459. The lowest BCUT2D eigenvalue weighted by molar-refractivity contribution is -0.142. The van der Waals surface area contributed by atoms with Gasteiger partial charge < -0.3 is 14.8 Å². The van der Waals surface area contributed by atoms with E-state index in [1.807, 2.05) is 13.0 Å². The Labute approximate surface area is 182 Å². The topological polar surface area (TPSA) is 109 Å². The molecule has 0 unspecified atom stereocenters.